The Balaban J connectivity index is 1.14. The first kappa shape index (κ1) is 27.3. The van der Waals surface area contributed by atoms with E-state index in [9.17, 15) is 9.90 Å². The van der Waals surface area contributed by atoms with Crippen LogP contribution in [0.15, 0.2) is 48.7 Å². The zero-order chi connectivity index (χ0) is 28.6. The fourth-order valence-electron chi connectivity index (χ4n) is 5.51. The van der Waals surface area contributed by atoms with Gasteiger partial charge >= 0.3 is 5.97 Å². The van der Waals surface area contributed by atoms with E-state index in [1.807, 2.05) is 25.1 Å². The van der Waals surface area contributed by atoms with Gasteiger partial charge < -0.3 is 29.0 Å². The third kappa shape index (κ3) is 5.55. The molecule has 2 aliphatic heterocycles. The van der Waals surface area contributed by atoms with E-state index in [0.717, 1.165) is 48.8 Å². The summed E-state index contributed by atoms with van der Waals surface area (Å²) in [5.74, 6) is 0.972. The Hall–Kier alpha value is -3.86. The molecule has 0 amide bonds. The zero-order valence-electron chi connectivity index (χ0n) is 22.9. The first-order chi connectivity index (χ1) is 19.8. The van der Waals surface area contributed by atoms with Gasteiger partial charge in [-0.15, -0.1) is 0 Å². The molecule has 2 aromatic carbocycles. The van der Waals surface area contributed by atoms with Gasteiger partial charge in [0.1, 0.15) is 29.4 Å². The molecular weight excluding hydrogens is 548 g/mol. The molecule has 4 aromatic rings. The molecule has 6 rings (SSSR count). The van der Waals surface area contributed by atoms with Gasteiger partial charge in [-0.3, -0.25) is 9.88 Å². The van der Waals surface area contributed by atoms with Gasteiger partial charge in [-0.2, -0.15) is 0 Å². The summed E-state index contributed by atoms with van der Waals surface area (Å²) >= 11 is 6.03. The number of carbonyl (C=O) groups is 1. The number of para-hydroxylation sites is 1. The average molecular weight is 579 g/mol. The molecule has 4 heterocycles. The van der Waals surface area contributed by atoms with Crippen LogP contribution in [0.5, 0.6) is 17.2 Å². The highest BCUT2D eigenvalue weighted by Crippen LogP contribution is 2.49. The number of halogens is 1. The van der Waals surface area contributed by atoms with Crippen molar-refractivity contribution in [2.45, 2.75) is 38.0 Å². The molecule has 11 heteroatoms. The minimum atomic E-state index is -1.02. The van der Waals surface area contributed by atoms with E-state index in [1.165, 1.54) is 6.07 Å². The Morgan fingerprint density at radius 1 is 1.20 bits per heavy atom. The molecule has 0 radical (unpaired) electrons. The van der Waals surface area contributed by atoms with E-state index in [4.69, 9.17) is 35.5 Å². The quantitative estimate of drug-likeness (QED) is 0.253. The van der Waals surface area contributed by atoms with Crippen LogP contribution in [-0.2, 0) is 17.1 Å². The van der Waals surface area contributed by atoms with Crippen molar-refractivity contribution in [1.29, 1.82) is 0 Å². The maximum Gasteiger partial charge on any atom is 0.335 e. The molecular formula is C30H31ClN4O6. The number of aromatic amines is 1. The van der Waals surface area contributed by atoms with Crippen molar-refractivity contribution in [2.24, 2.45) is 0 Å². The number of ether oxygens (including phenoxy) is 4. The molecule has 0 spiro atoms. The van der Waals surface area contributed by atoms with E-state index in [0.29, 0.717) is 53.2 Å². The predicted molar refractivity (Wildman–Crippen MR) is 152 cm³/mol. The number of methoxy groups -OCH3 is 1. The van der Waals surface area contributed by atoms with E-state index in [2.05, 4.69) is 20.9 Å². The van der Waals surface area contributed by atoms with Crippen molar-refractivity contribution < 1.29 is 28.8 Å². The third-order valence-corrected chi connectivity index (χ3v) is 7.82. The van der Waals surface area contributed by atoms with E-state index in [1.54, 1.807) is 25.4 Å². The summed E-state index contributed by atoms with van der Waals surface area (Å²) in [5, 5.41) is 10.1. The first-order valence-electron chi connectivity index (χ1n) is 13.6. The number of rotatable bonds is 9. The second kappa shape index (κ2) is 11.2. The molecule has 0 saturated carbocycles. The normalized spacial score (nSPS) is 19.1. The first-order valence-corrected chi connectivity index (χ1v) is 13.9. The molecule has 1 fully saturated rings. The van der Waals surface area contributed by atoms with Crippen molar-refractivity contribution in [3.05, 3.63) is 76.3 Å². The predicted octanol–water partition coefficient (Wildman–Crippen LogP) is 5.36. The second-order valence-electron chi connectivity index (χ2n) is 10.4. The number of likely N-dealkylation sites (tertiary alicyclic amines) is 1. The standard InChI is InChI=1S/C30H31ClN4O6/c1-30(25-7-6-20(31)16-32-25)40-23-5-3-4-21(28(23)41-30)18-8-10-35(11-9-18)17-26-33-22-14-19(29(36)37)15-24(27(22)34-26)39-13-12-38-2/h3-7,14-16,18H,8-13,17H2,1-2H3,(H,33,34)(H,36,37)/t30-/m0/s1. The van der Waals surface area contributed by atoms with Gasteiger partial charge in [-0.25, -0.2) is 9.78 Å². The monoisotopic (exact) mass is 578 g/mol. The van der Waals surface area contributed by atoms with Crippen LogP contribution in [-0.4, -0.2) is 64.3 Å². The highest BCUT2D eigenvalue weighted by Gasteiger charge is 2.42. The third-order valence-electron chi connectivity index (χ3n) is 7.60. The Kier molecular flexibility index (Phi) is 7.46. The summed E-state index contributed by atoms with van der Waals surface area (Å²) in [4.78, 5) is 26.5. The Morgan fingerprint density at radius 3 is 2.76 bits per heavy atom. The van der Waals surface area contributed by atoms with Gasteiger partial charge in [-0.05, 0) is 62.2 Å². The van der Waals surface area contributed by atoms with E-state index < -0.39 is 11.8 Å². The van der Waals surface area contributed by atoms with Gasteiger partial charge in [0.25, 0.3) is 5.79 Å². The Bertz CT molecular complexity index is 1570. The minimum Gasteiger partial charge on any atom is -0.489 e. The van der Waals surface area contributed by atoms with Crippen LogP contribution < -0.4 is 14.2 Å². The molecule has 0 aliphatic carbocycles. The van der Waals surface area contributed by atoms with Crippen molar-refractivity contribution in [2.75, 3.05) is 33.4 Å². The number of fused-ring (bicyclic) bond motifs is 2. The van der Waals surface area contributed by atoms with Crippen LogP contribution >= 0.6 is 11.6 Å². The van der Waals surface area contributed by atoms with Gasteiger partial charge in [-0.1, -0.05) is 23.7 Å². The number of carboxylic acid groups (broad SMARTS) is 1. The number of benzene rings is 2. The van der Waals surface area contributed by atoms with Crippen molar-refractivity contribution in [1.82, 2.24) is 19.9 Å². The Labute approximate surface area is 242 Å². The van der Waals surface area contributed by atoms with Crippen LogP contribution in [0, 0.1) is 0 Å². The molecule has 1 atom stereocenters. The number of hydrogen-bond acceptors (Lipinski definition) is 8. The lowest BCUT2D eigenvalue weighted by molar-refractivity contribution is -0.0722. The van der Waals surface area contributed by atoms with Crippen molar-refractivity contribution in [3.8, 4) is 17.2 Å². The van der Waals surface area contributed by atoms with Crippen LogP contribution in [0.4, 0.5) is 0 Å². The van der Waals surface area contributed by atoms with Crippen molar-refractivity contribution in [3.63, 3.8) is 0 Å². The molecule has 1 saturated heterocycles. The summed E-state index contributed by atoms with van der Waals surface area (Å²) in [6, 6.07) is 12.8. The number of nitrogens with one attached hydrogen (secondary N) is 1. The lowest BCUT2D eigenvalue weighted by atomic mass is 9.88. The van der Waals surface area contributed by atoms with Crippen LogP contribution in [0.25, 0.3) is 11.0 Å². The number of hydrogen-bond donors (Lipinski definition) is 2. The molecule has 0 bridgehead atoms. The van der Waals surface area contributed by atoms with Gasteiger partial charge in [0.2, 0.25) is 0 Å². The SMILES string of the molecule is COCCOc1cc(C(=O)O)cc2[nH]c(CN3CCC(c4cccc5c4O[C@@](C)(c4ccc(Cl)cn4)O5)CC3)nc12. The number of aromatic carboxylic acids is 1. The number of pyridine rings is 1. The van der Waals surface area contributed by atoms with E-state index in [-0.39, 0.29) is 5.56 Å². The van der Waals surface area contributed by atoms with E-state index >= 15 is 0 Å². The van der Waals surface area contributed by atoms with Gasteiger partial charge in [0, 0.05) is 25.8 Å². The van der Waals surface area contributed by atoms with Crippen LogP contribution in [0.2, 0.25) is 5.02 Å². The largest absolute Gasteiger partial charge is 0.489 e. The summed E-state index contributed by atoms with van der Waals surface area (Å²) in [6.45, 7) is 4.94. The number of nitrogens with zero attached hydrogens (tertiary/aromatic N) is 3. The zero-order valence-corrected chi connectivity index (χ0v) is 23.6. The number of carboxylic acids is 1. The fraction of sp³-hybridized carbons (Fsp3) is 0.367. The number of imidazole rings is 1. The molecule has 2 N–H and O–H groups in total. The summed E-state index contributed by atoms with van der Waals surface area (Å²) < 4.78 is 23.5. The highest BCUT2D eigenvalue weighted by molar-refractivity contribution is 6.30. The topological polar surface area (TPSA) is 119 Å². The second-order valence-corrected chi connectivity index (χ2v) is 10.9. The molecule has 2 aromatic heterocycles. The number of H-pyrrole nitrogens is 1. The molecule has 0 unspecified atom stereocenters. The Morgan fingerprint density at radius 2 is 2.02 bits per heavy atom. The van der Waals surface area contributed by atoms with Crippen LogP contribution in [0.1, 0.15) is 53.1 Å². The smallest absolute Gasteiger partial charge is 0.335 e. The lowest BCUT2D eigenvalue weighted by Gasteiger charge is -2.32. The maximum atomic E-state index is 11.6. The average Bonchev–Trinajstić information content (AvgIpc) is 3.54. The summed E-state index contributed by atoms with van der Waals surface area (Å²) in [5.41, 5.74) is 3.20. The molecule has 41 heavy (non-hydrogen) atoms. The summed E-state index contributed by atoms with van der Waals surface area (Å²) in [6.07, 6.45) is 3.49. The fourth-order valence-corrected chi connectivity index (χ4v) is 5.62. The summed E-state index contributed by atoms with van der Waals surface area (Å²) in [7, 11) is 1.59. The number of aromatic nitrogens is 3. The van der Waals surface area contributed by atoms with Gasteiger partial charge in [0.15, 0.2) is 11.5 Å². The maximum absolute atomic E-state index is 11.6. The number of piperidine rings is 1. The van der Waals surface area contributed by atoms with Crippen molar-refractivity contribution >= 4 is 28.6 Å². The lowest BCUT2D eigenvalue weighted by Crippen LogP contribution is -2.33. The molecule has 10 nitrogen and oxygen atoms in total. The highest BCUT2D eigenvalue weighted by atomic mass is 35.5. The minimum absolute atomic E-state index is 0.144. The molecule has 214 valence electrons. The molecule has 2 aliphatic rings. The van der Waals surface area contributed by atoms with Gasteiger partial charge in [0.05, 0.1) is 29.3 Å². The van der Waals surface area contributed by atoms with Crippen LogP contribution in [0.3, 0.4) is 0 Å².